The van der Waals surface area contributed by atoms with Gasteiger partial charge in [-0.1, -0.05) is 18.2 Å². The molecular formula is C28H33N3O7S2. The number of ether oxygens (including phenoxy) is 2. The van der Waals surface area contributed by atoms with Gasteiger partial charge in [-0.3, -0.25) is 9.10 Å². The molecular weight excluding hydrogens is 554 g/mol. The van der Waals surface area contributed by atoms with E-state index in [1.165, 1.54) is 23.4 Å². The summed E-state index contributed by atoms with van der Waals surface area (Å²) in [4.78, 5) is 13.0. The van der Waals surface area contributed by atoms with Crippen LogP contribution in [0, 0.1) is 0 Å². The predicted molar refractivity (Wildman–Crippen MR) is 153 cm³/mol. The van der Waals surface area contributed by atoms with Crippen LogP contribution < -0.4 is 19.1 Å². The van der Waals surface area contributed by atoms with Crippen LogP contribution >= 0.6 is 0 Å². The highest BCUT2D eigenvalue weighted by atomic mass is 32.2. The van der Waals surface area contributed by atoms with Crippen LogP contribution in [0.15, 0.2) is 83.8 Å². The smallest absolute Gasteiger partial charge is 0.243 e. The zero-order chi connectivity index (χ0) is 28.8. The van der Waals surface area contributed by atoms with E-state index >= 15 is 0 Å². The number of hydrogen-bond acceptors (Lipinski definition) is 7. The summed E-state index contributed by atoms with van der Waals surface area (Å²) in [6.07, 6.45) is 2.77. The van der Waals surface area contributed by atoms with E-state index in [-0.39, 0.29) is 18.0 Å². The van der Waals surface area contributed by atoms with E-state index < -0.39 is 32.0 Å². The van der Waals surface area contributed by atoms with Crippen molar-refractivity contribution in [1.82, 2.24) is 9.62 Å². The summed E-state index contributed by atoms with van der Waals surface area (Å²) in [5.41, 5.74) is 0.325. The van der Waals surface area contributed by atoms with Crippen LogP contribution in [0.1, 0.15) is 19.8 Å². The summed E-state index contributed by atoms with van der Waals surface area (Å²) in [5, 5.41) is 2.69. The van der Waals surface area contributed by atoms with Gasteiger partial charge in [-0.25, -0.2) is 16.8 Å². The maximum atomic E-state index is 12.8. The van der Waals surface area contributed by atoms with Crippen molar-refractivity contribution in [2.45, 2.75) is 30.7 Å². The molecule has 1 fully saturated rings. The Labute approximate surface area is 235 Å². The van der Waals surface area contributed by atoms with Gasteiger partial charge < -0.3 is 14.8 Å². The molecule has 1 heterocycles. The van der Waals surface area contributed by atoms with E-state index in [4.69, 9.17) is 9.47 Å². The number of benzene rings is 3. The van der Waals surface area contributed by atoms with Crippen LogP contribution in [-0.2, 0) is 24.8 Å². The third-order valence-corrected chi connectivity index (χ3v) is 9.51. The van der Waals surface area contributed by atoms with E-state index in [1.807, 2.05) is 30.3 Å². The maximum Gasteiger partial charge on any atom is 0.243 e. The van der Waals surface area contributed by atoms with Gasteiger partial charge in [-0.15, -0.1) is 0 Å². The Morgan fingerprint density at radius 2 is 1.45 bits per heavy atom. The lowest BCUT2D eigenvalue weighted by atomic mass is 10.2. The Hall–Kier alpha value is -3.61. The summed E-state index contributed by atoms with van der Waals surface area (Å²) in [5.74, 6) is 1.14. The fourth-order valence-corrected chi connectivity index (χ4v) is 7.06. The highest BCUT2D eigenvalue weighted by Gasteiger charge is 2.29. The molecule has 214 valence electrons. The zero-order valence-corrected chi connectivity index (χ0v) is 24.0. The monoisotopic (exact) mass is 587 g/mol. The lowest BCUT2D eigenvalue weighted by Crippen LogP contribution is -2.48. The summed E-state index contributed by atoms with van der Waals surface area (Å²) < 4.78 is 64.4. The van der Waals surface area contributed by atoms with Crippen LogP contribution in [0.25, 0.3) is 0 Å². The van der Waals surface area contributed by atoms with Gasteiger partial charge in [-0.05, 0) is 80.4 Å². The lowest BCUT2D eigenvalue weighted by Gasteiger charge is -2.28. The highest BCUT2D eigenvalue weighted by molar-refractivity contribution is 7.92. The molecule has 1 unspecified atom stereocenters. The zero-order valence-electron chi connectivity index (χ0n) is 22.4. The van der Waals surface area contributed by atoms with E-state index in [2.05, 4.69) is 5.32 Å². The Morgan fingerprint density at radius 1 is 0.875 bits per heavy atom. The summed E-state index contributed by atoms with van der Waals surface area (Å²) >= 11 is 0. The van der Waals surface area contributed by atoms with Gasteiger partial charge in [0.15, 0.2) is 0 Å². The molecule has 12 heteroatoms. The number of para-hydroxylation sites is 1. The average Bonchev–Trinajstić information content (AvgIpc) is 3.48. The van der Waals surface area contributed by atoms with E-state index in [1.54, 1.807) is 36.4 Å². The molecule has 1 aliphatic rings. The Bertz CT molecular complexity index is 1490. The second kappa shape index (κ2) is 12.7. The maximum absolute atomic E-state index is 12.8. The molecule has 4 rings (SSSR count). The number of amides is 1. The van der Waals surface area contributed by atoms with E-state index in [0.717, 1.165) is 23.4 Å². The quantitative estimate of drug-likeness (QED) is 0.321. The number of rotatable bonds is 12. The second-order valence-electron chi connectivity index (χ2n) is 9.37. The van der Waals surface area contributed by atoms with Gasteiger partial charge >= 0.3 is 0 Å². The van der Waals surface area contributed by atoms with Gasteiger partial charge in [0.25, 0.3) is 0 Å². The van der Waals surface area contributed by atoms with Gasteiger partial charge in [0.2, 0.25) is 26.0 Å². The van der Waals surface area contributed by atoms with Crippen molar-refractivity contribution in [2.24, 2.45) is 0 Å². The molecule has 1 aliphatic heterocycles. The van der Waals surface area contributed by atoms with Crippen LogP contribution in [0.3, 0.4) is 0 Å². The first-order valence-corrected chi connectivity index (χ1v) is 16.2. The molecule has 0 spiro atoms. The minimum absolute atomic E-state index is 0.112. The molecule has 1 amide bonds. The fraction of sp³-hybridized carbons (Fsp3) is 0.321. The van der Waals surface area contributed by atoms with Crippen molar-refractivity contribution in [3.63, 3.8) is 0 Å². The summed E-state index contributed by atoms with van der Waals surface area (Å²) in [6, 6.07) is 20.8. The molecule has 10 nitrogen and oxygen atoms in total. The third-order valence-electron chi connectivity index (χ3n) is 6.36. The van der Waals surface area contributed by atoms with Gasteiger partial charge in [0, 0.05) is 13.1 Å². The third kappa shape index (κ3) is 7.32. The molecule has 0 radical (unpaired) electrons. The molecule has 0 bridgehead atoms. The second-order valence-corrected chi connectivity index (χ2v) is 13.2. The molecule has 3 aromatic rings. The minimum atomic E-state index is -3.78. The van der Waals surface area contributed by atoms with Crippen molar-refractivity contribution < 1.29 is 31.1 Å². The highest BCUT2D eigenvalue weighted by Crippen LogP contribution is 2.27. The van der Waals surface area contributed by atoms with Crippen molar-refractivity contribution in [3.05, 3.63) is 78.9 Å². The van der Waals surface area contributed by atoms with Crippen molar-refractivity contribution in [2.75, 3.05) is 36.8 Å². The number of carbonyl (C=O) groups is 1. The van der Waals surface area contributed by atoms with Gasteiger partial charge in [-0.2, -0.15) is 4.31 Å². The summed E-state index contributed by atoms with van der Waals surface area (Å²) in [6.45, 7) is 2.80. The molecule has 1 atom stereocenters. The van der Waals surface area contributed by atoms with Crippen LogP contribution in [-0.4, -0.2) is 65.6 Å². The topological polar surface area (TPSA) is 122 Å². The molecule has 1 N–H and O–H groups in total. The number of nitrogens with one attached hydrogen (secondary N) is 1. The molecule has 1 saturated heterocycles. The standard InChI is InChI=1S/C28H33N3O7S2/c1-22(31(39(2,33)34)23-10-12-26(13-11-23)38-25-8-4-3-5-9-25)28(32)29-18-21-37-24-14-16-27(17-15-24)40(35,36)30-19-6-7-20-30/h3-5,8-17,22H,6-7,18-21H2,1-2H3,(H,29,32). The predicted octanol–water partition coefficient (Wildman–Crippen LogP) is 3.61. The van der Waals surface area contributed by atoms with Crippen molar-refractivity contribution >= 4 is 31.6 Å². The molecule has 40 heavy (non-hydrogen) atoms. The first-order chi connectivity index (χ1) is 19.1. The Kier molecular flexibility index (Phi) is 9.33. The largest absolute Gasteiger partial charge is 0.492 e. The minimum Gasteiger partial charge on any atom is -0.492 e. The lowest BCUT2D eigenvalue weighted by molar-refractivity contribution is -0.121. The molecule has 0 aliphatic carbocycles. The van der Waals surface area contributed by atoms with Gasteiger partial charge in [0.05, 0.1) is 23.4 Å². The Morgan fingerprint density at radius 3 is 2.05 bits per heavy atom. The van der Waals surface area contributed by atoms with E-state index in [9.17, 15) is 21.6 Å². The number of anilines is 1. The van der Waals surface area contributed by atoms with Crippen LogP contribution in [0.2, 0.25) is 0 Å². The van der Waals surface area contributed by atoms with Crippen molar-refractivity contribution in [1.29, 1.82) is 0 Å². The Balaban J connectivity index is 1.31. The molecule has 3 aromatic carbocycles. The van der Waals surface area contributed by atoms with Gasteiger partial charge in [0.1, 0.15) is 29.9 Å². The number of nitrogens with zero attached hydrogens (tertiary/aromatic N) is 2. The number of sulfonamides is 2. The van der Waals surface area contributed by atoms with Crippen LogP contribution in [0.4, 0.5) is 5.69 Å². The summed E-state index contributed by atoms with van der Waals surface area (Å²) in [7, 11) is -7.28. The van der Waals surface area contributed by atoms with Crippen LogP contribution in [0.5, 0.6) is 17.2 Å². The average molecular weight is 588 g/mol. The normalized spacial score (nSPS) is 14.8. The SMILES string of the molecule is CC(C(=O)NCCOc1ccc(S(=O)(=O)N2CCCC2)cc1)N(c1ccc(Oc2ccccc2)cc1)S(C)(=O)=O. The van der Waals surface area contributed by atoms with E-state index in [0.29, 0.717) is 36.0 Å². The number of hydrogen-bond donors (Lipinski definition) is 1. The first kappa shape index (κ1) is 29.4. The fourth-order valence-electron chi connectivity index (χ4n) is 4.37. The molecule has 0 aromatic heterocycles. The first-order valence-electron chi connectivity index (χ1n) is 12.9. The molecule has 0 saturated carbocycles. The number of carbonyl (C=O) groups excluding carboxylic acids is 1. The van der Waals surface area contributed by atoms with Crippen molar-refractivity contribution in [3.8, 4) is 17.2 Å².